The van der Waals surface area contributed by atoms with Crippen LogP contribution in [-0.4, -0.2) is 46.9 Å². The molecule has 0 aliphatic carbocycles. The molecule has 0 aromatic carbocycles. The van der Waals surface area contributed by atoms with Gasteiger partial charge in [-0.25, -0.2) is 4.79 Å². The van der Waals surface area contributed by atoms with Crippen LogP contribution in [0.1, 0.15) is 6.42 Å². The smallest absolute Gasteiger partial charge is 0.450 e. The molecule has 1 saturated heterocycles. The molecule has 1 heterocycles. The second kappa shape index (κ2) is 4.11. The van der Waals surface area contributed by atoms with Crippen molar-refractivity contribution in [2.45, 2.75) is 12.6 Å². The maximum Gasteiger partial charge on any atom is 0.450 e. The van der Waals surface area contributed by atoms with Gasteiger partial charge in [0.1, 0.15) is 0 Å². The van der Waals surface area contributed by atoms with Crippen molar-refractivity contribution in [2.24, 2.45) is 5.92 Å². The fraction of sp³-hybridized carbons (Fsp3) is 0.625. The van der Waals surface area contributed by atoms with E-state index in [1.807, 2.05) is 0 Å². The summed E-state index contributed by atoms with van der Waals surface area (Å²) in [6, 6.07) is 0. The Kier molecular flexibility index (Phi) is 3.20. The van der Waals surface area contributed by atoms with Gasteiger partial charge in [0, 0.05) is 6.54 Å². The number of halogens is 3. The number of rotatable bonds is 1. The Morgan fingerprint density at radius 2 is 1.94 bits per heavy atom. The van der Waals surface area contributed by atoms with Crippen LogP contribution in [0.3, 0.4) is 0 Å². The molecule has 1 aliphatic heterocycles. The second-order valence-electron chi connectivity index (χ2n) is 3.37. The van der Waals surface area contributed by atoms with Gasteiger partial charge in [0.25, 0.3) is 0 Å². The first-order valence-corrected chi connectivity index (χ1v) is 4.35. The van der Waals surface area contributed by atoms with E-state index in [4.69, 9.17) is 5.11 Å². The van der Waals surface area contributed by atoms with Gasteiger partial charge in [0.15, 0.2) is 5.78 Å². The number of alkyl halides is 3. The van der Waals surface area contributed by atoms with Gasteiger partial charge in [-0.05, 0) is 6.42 Å². The van der Waals surface area contributed by atoms with Gasteiger partial charge in [-0.15, -0.1) is 0 Å². The lowest BCUT2D eigenvalue weighted by Gasteiger charge is -2.28. The molecule has 90 valence electrons. The number of nitrogens with zero attached hydrogens (tertiary/aromatic N) is 1. The Labute approximate surface area is 87.8 Å². The van der Waals surface area contributed by atoms with E-state index in [0.717, 1.165) is 0 Å². The minimum Gasteiger partial charge on any atom is -0.465 e. The molecule has 1 rings (SSSR count). The number of carboxylic acid groups (broad SMARTS) is 1. The van der Waals surface area contributed by atoms with E-state index >= 15 is 0 Å². The van der Waals surface area contributed by atoms with Crippen LogP contribution in [-0.2, 0) is 9.59 Å². The summed E-state index contributed by atoms with van der Waals surface area (Å²) in [5, 5.41) is 8.51. The standard InChI is InChI=1S/C8H8F3NO4/c9-8(10,11)6(14)4-1-2-12(7(15)16)3-5(4)13/h4H,1-3H2,(H,15,16). The Bertz CT molecular complexity index is 339. The van der Waals surface area contributed by atoms with E-state index < -0.39 is 42.7 Å². The van der Waals surface area contributed by atoms with Crippen LogP contribution >= 0.6 is 0 Å². The van der Waals surface area contributed by atoms with Crippen molar-refractivity contribution in [2.75, 3.05) is 13.1 Å². The third-order valence-electron chi connectivity index (χ3n) is 2.29. The summed E-state index contributed by atoms with van der Waals surface area (Å²) in [6.07, 6.45) is -6.85. The number of ketones is 2. The molecule has 1 N–H and O–H groups in total. The number of carbonyl (C=O) groups excluding carboxylic acids is 2. The third kappa shape index (κ3) is 2.50. The minimum absolute atomic E-state index is 0.243. The first-order chi connectivity index (χ1) is 7.23. The Balaban J connectivity index is 2.72. The fourth-order valence-electron chi connectivity index (χ4n) is 1.46. The van der Waals surface area contributed by atoms with Crippen LogP contribution in [0.25, 0.3) is 0 Å². The summed E-state index contributed by atoms with van der Waals surface area (Å²) in [7, 11) is 0. The monoisotopic (exact) mass is 239 g/mol. The molecule has 0 spiro atoms. The zero-order chi connectivity index (χ0) is 12.5. The van der Waals surface area contributed by atoms with Gasteiger partial charge in [0.05, 0.1) is 12.5 Å². The lowest BCUT2D eigenvalue weighted by Crippen LogP contribution is -2.48. The van der Waals surface area contributed by atoms with Crippen LogP contribution in [0, 0.1) is 5.92 Å². The van der Waals surface area contributed by atoms with Crippen LogP contribution < -0.4 is 0 Å². The van der Waals surface area contributed by atoms with Gasteiger partial charge in [-0.3, -0.25) is 9.59 Å². The summed E-state index contributed by atoms with van der Waals surface area (Å²) in [5.41, 5.74) is 0. The van der Waals surface area contributed by atoms with Gasteiger partial charge in [0.2, 0.25) is 5.78 Å². The summed E-state index contributed by atoms with van der Waals surface area (Å²) in [5.74, 6) is -4.85. The van der Waals surface area contributed by atoms with Gasteiger partial charge in [-0.1, -0.05) is 0 Å². The predicted molar refractivity (Wildman–Crippen MR) is 43.8 cm³/mol. The molecule has 1 fully saturated rings. The Hall–Kier alpha value is -1.60. The van der Waals surface area contributed by atoms with Crippen molar-refractivity contribution in [3.63, 3.8) is 0 Å². The van der Waals surface area contributed by atoms with Gasteiger partial charge < -0.3 is 10.0 Å². The first-order valence-electron chi connectivity index (χ1n) is 4.35. The maximum absolute atomic E-state index is 12.0. The Morgan fingerprint density at radius 3 is 2.31 bits per heavy atom. The fourth-order valence-corrected chi connectivity index (χ4v) is 1.46. The summed E-state index contributed by atoms with van der Waals surface area (Å²) >= 11 is 0. The highest BCUT2D eigenvalue weighted by molar-refractivity contribution is 6.06. The normalized spacial score (nSPS) is 22.1. The molecule has 0 saturated carbocycles. The minimum atomic E-state index is -5.05. The number of hydrogen-bond acceptors (Lipinski definition) is 3. The number of carbonyl (C=O) groups is 3. The van der Waals surface area contributed by atoms with E-state index in [2.05, 4.69) is 0 Å². The van der Waals surface area contributed by atoms with E-state index in [1.54, 1.807) is 0 Å². The first kappa shape index (κ1) is 12.5. The quantitative estimate of drug-likeness (QED) is 0.683. The van der Waals surface area contributed by atoms with Crippen molar-refractivity contribution in [1.82, 2.24) is 4.90 Å². The predicted octanol–water partition coefficient (Wildman–Crippen LogP) is 0.687. The topological polar surface area (TPSA) is 74.7 Å². The Morgan fingerprint density at radius 1 is 1.38 bits per heavy atom. The molecular weight excluding hydrogens is 231 g/mol. The molecule has 5 nitrogen and oxygen atoms in total. The molecule has 0 aromatic heterocycles. The molecule has 16 heavy (non-hydrogen) atoms. The van der Waals surface area contributed by atoms with Crippen molar-refractivity contribution in [3.8, 4) is 0 Å². The van der Waals surface area contributed by atoms with Gasteiger partial charge in [-0.2, -0.15) is 13.2 Å². The van der Waals surface area contributed by atoms with E-state index in [0.29, 0.717) is 4.90 Å². The molecule has 0 bridgehead atoms. The van der Waals surface area contributed by atoms with Crippen molar-refractivity contribution in [1.29, 1.82) is 0 Å². The molecule has 0 aromatic rings. The highest BCUT2D eigenvalue weighted by Gasteiger charge is 2.47. The second-order valence-corrected chi connectivity index (χ2v) is 3.37. The molecular formula is C8H8F3NO4. The zero-order valence-electron chi connectivity index (χ0n) is 7.95. The van der Waals surface area contributed by atoms with Crippen molar-refractivity contribution >= 4 is 17.7 Å². The van der Waals surface area contributed by atoms with E-state index in [-0.39, 0.29) is 6.54 Å². The average molecular weight is 239 g/mol. The SMILES string of the molecule is O=C1CN(C(=O)O)CCC1C(=O)C(F)(F)F. The molecule has 1 aliphatic rings. The molecule has 0 radical (unpaired) electrons. The summed E-state index contributed by atoms with van der Waals surface area (Å²) in [4.78, 5) is 33.1. The zero-order valence-corrected chi connectivity index (χ0v) is 7.95. The number of amides is 1. The largest absolute Gasteiger partial charge is 0.465 e. The lowest BCUT2D eigenvalue weighted by atomic mass is 9.91. The highest BCUT2D eigenvalue weighted by Crippen LogP contribution is 2.25. The number of Topliss-reactive ketones (excluding diaryl/α,β-unsaturated/α-hetero) is 2. The lowest BCUT2D eigenvalue weighted by molar-refractivity contribution is -0.177. The molecule has 1 atom stereocenters. The number of likely N-dealkylation sites (tertiary alicyclic amines) is 1. The van der Waals surface area contributed by atoms with Crippen LogP contribution in [0.4, 0.5) is 18.0 Å². The summed E-state index contributed by atoms with van der Waals surface area (Å²) in [6.45, 7) is -0.907. The van der Waals surface area contributed by atoms with Crippen molar-refractivity contribution in [3.05, 3.63) is 0 Å². The van der Waals surface area contributed by atoms with Crippen molar-refractivity contribution < 1.29 is 32.7 Å². The third-order valence-corrected chi connectivity index (χ3v) is 2.29. The molecule has 1 unspecified atom stereocenters. The van der Waals surface area contributed by atoms with Gasteiger partial charge >= 0.3 is 12.3 Å². The maximum atomic E-state index is 12.0. The average Bonchev–Trinajstić information content (AvgIpc) is 2.15. The number of piperidine rings is 1. The van der Waals surface area contributed by atoms with Crippen LogP contribution in [0.5, 0.6) is 0 Å². The van der Waals surface area contributed by atoms with Crippen LogP contribution in [0.15, 0.2) is 0 Å². The van der Waals surface area contributed by atoms with Crippen LogP contribution in [0.2, 0.25) is 0 Å². The highest BCUT2D eigenvalue weighted by atomic mass is 19.4. The molecule has 1 amide bonds. The number of hydrogen-bond donors (Lipinski definition) is 1. The summed E-state index contributed by atoms with van der Waals surface area (Å²) < 4.78 is 36.1. The molecule has 8 heteroatoms. The van der Waals surface area contributed by atoms with E-state index in [9.17, 15) is 27.6 Å². The van der Waals surface area contributed by atoms with E-state index in [1.165, 1.54) is 0 Å².